The van der Waals surface area contributed by atoms with E-state index < -0.39 is 0 Å². The Kier molecular flexibility index (Phi) is 3.92. The molecule has 138 valence electrons. The molecule has 0 spiro atoms. The van der Waals surface area contributed by atoms with Crippen LogP contribution in [0.3, 0.4) is 0 Å². The second-order valence-electron chi connectivity index (χ2n) is 6.87. The first kappa shape index (κ1) is 16.1. The van der Waals surface area contributed by atoms with Crippen molar-refractivity contribution in [1.29, 1.82) is 0 Å². The zero-order valence-electron chi connectivity index (χ0n) is 14.8. The third-order valence-electron chi connectivity index (χ3n) is 5.21. The number of pyridine rings is 1. The van der Waals surface area contributed by atoms with Gasteiger partial charge in [0, 0.05) is 30.3 Å². The van der Waals surface area contributed by atoms with Crippen molar-refractivity contribution in [3.63, 3.8) is 0 Å². The number of benzene rings is 1. The monoisotopic (exact) mass is 365 g/mol. The Morgan fingerprint density at radius 2 is 2.00 bits per heavy atom. The highest BCUT2D eigenvalue weighted by molar-refractivity contribution is 5.83. The van der Waals surface area contributed by atoms with E-state index in [2.05, 4.69) is 27.0 Å². The van der Waals surface area contributed by atoms with Gasteiger partial charge < -0.3 is 4.74 Å². The number of halogens is 1. The lowest BCUT2D eigenvalue weighted by molar-refractivity contribution is 0.232. The van der Waals surface area contributed by atoms with Gasteiger partial charge in [-0.1, -0.05) is 12.1 Å². The maximum absolute atomic E-state index is 14.4. The molecule has 27 heavy (non-hydrogen) atoms. The van der Waals surface area contributed by atoms with Crippen molar-refractivity contribution < 1.29 is 9.13 Å². The van der Waals surface area contributed by atoms with Crippen molar-refractivity contribution in [2.45, 2.75) is 32.2 Å². The van der Waals surface area contributed by atoms with Crippen LogP contribution in [0.15, 0.2) is 36.8 Å². The molecule has 0 amide bonds. The highest BCUT2D eigenvalue weighted by atomic mass is 19.1. The van der Waals surface area contributed by atoms with Crippen LogP contribution in [-0.2, 0) is 19.4 Å². The molecule has 1 aliphatic heterocycles. The molecule has 0 saturated carbocycles. The summed E-state index contributed by atoms with van der Waals surface area (Å²) in [5.41, 5.74) is 12.2. The predicted molar refractivity (Wildman–Crippen MR) is 101 cm³/mol. The van der Waals surface area contributed by atoms with Gasteiger partial charge in [0.1, 0.15) is 11.5 Å². The van der Waals surface area contributed by atoms with E-state index in [0.29, 0.717) is 12.2 Å². The number of hydrazine groups is 1. The summed E-state index contributed by atoms with van der Waals surface area (Å²) in [4.78, 5) is 3.87. The minimum absolute atomic E-state index is 0.329. The summed E-state index contributed by atoms with van der Waals surface area (Å²) in [5.74, 6) is 0.405. The molecular formula is C20H20FN5O. The topological polar surface area (TPSA) is 64.0 Å². The molecule has 3 aromatic rings. The van der Waals surface area contributed by atoms with Crippen LogP contribution in [0.5, 0.6) is 5.88 Å². The van der Waals surface area contributed by atoms with Gasteiger partial charge in [0.15, 0.2) is 0 Å². The van der Waals surface area contributed by atoms with Crippen LogP contribution >= 0.6 is 0 Å². The minimum Gasteiger partial charge on any atom is -0.476 e. The van der Waals surface area contributed by atoms with E-state index in [1.807, 2.05) is 10.7 Å². The van der Waals surface area contributed by atoms with Gasteiger partial charge in [0.2, 0.25) is 5.88 Å². The van der Waals surface area contributed by atoms with Gasteiger partial charge in [0.05, 0.1) is 24.7 Å². The molecule has 2 aromatic heterocycles. The number of hydrogen-bond acceptors (Lipinski definition) is 5. The van der Waals surface area contributed by atoms with Crippen LogP contribution in [-0.4, -0.2) is 21.4 Å². The van der Waals surface area contributed by atoms with Crippen LogP contribution in [0.1, 0.15) is 24.0 Å². The molecule has 2 aliphatic rings. The number of nitrogens with zero attached hydrogens (tertiary/aromatic N) is 3. The summed E-state index contributed by atoms with van der Waals surface area (Å²) in [5, 5.41) is 4.36. The van der Waals surface area contributed by atoms with Crippen molar-refractivity contribution in [1.82, 2.24) is 14.8 Å². The van der Waals surface area contributed by atoms with E-state index in [4.69, 9.17) is 4.74 Å². The molecule has 3 heterocycles. The molecule has 0 bridgehead atoms. The van der Waals surface area contributed by atoms with E-state index in [1.54, 1.807) is 18.5 Å². The van der Waals surface area contributed by atoms with E-state index in [9.17, 15) is 4.39 Å². The van der Waals surface area contributed by atoms with Gasteiger partial charge in [-0.25, -0.2) is 9.07 Å². The minimum atomic E-state index is -0.329. The third-order valence-corrected chi connectivity index (χ3v) is 5.21. The standard InChI is InChI=1S/C20H20FN5O/c21-17-11-22-8-7-15(17)16-6-5-13-3-1-4-14(13)19(16)25-24-18-12-23-26-9-2-10-27-20(18)26/h5-8,11-12,24-25H,1-4,9-10H2. The summed E-state index contributed by atoms with van der Waals surface area (Å²) in [6, 6.07) is 5.80. The smallest absolute Gasteiger partial charge is 0.237 e. The Hall–Kier alpha value is -3.09. The summed E-state index contributed by atoms with van der Waals surface area (Å²) in [6.45, 7) is 1.54. The van der Waals surface area contributed by atoms with Gasteiger partial charge >= 0.3 is 0 Å². The Bertz CT molecular complexity index is 1000. The van der Waals surface area contributed by atoms with E-state index in [-0.39, 0.29) is 5.82 Å². The summed E-state index contributed by atoms with van der Waals surface area (Å²) in [7, 11) is 0. The molecule has 0 unspecified atom stereocenters. The Morgan fingerprint density at radius 1 is 1.04 bits per heavy atom. The van der Waals surface area contributed by atoms with E-state index in [0.717, 1.165) is 55.0 Å². The van der Waals surface area contributed by atoms with E-state index >= 15 is 0 Å². The lowest BCUT2D eigenvalue weighted by Crippen LogP contribution is -2.17. The van der Waals surface area contributed by atoms with Gasteiger partial charge in [0.25, 0.3) is 0 Å². The maximum atomic E-state index is 14.4. The maximum Gasteiger partial charge on any atom is 0.237 e. The van der Waals surface area contributed by atoms with Crippen molar-refractivity contribution in [3.05, 3.63) is 53.7 Å². The summed E-state index contributed by atoms with van der Waals surface area (Å²) >= 11 is 0. The van der Waals surface area contributed by atoms with Crippen molar-refractivity contribution in [2.24, 2.45) is 0 Å². The van der Waals surface area contributed by atoms with Crippen LogP contribution in [0, 0.1) is 5.82 Å². The average molecular weight is 365 g/mol. The Morgan fingerprint density at radius 3 is 2.93 bits per heavy atom. The third kappa shape index (κ3) is 2.79. The molecule has 2 N–H and O–H groups in total. The molecule has 0 atom stereocenters. The largest absolute Gasteiger partial charge is 0.476 e. The fourth-order valence-electron chi connectivity index (χ4n) is 3.91. The van der Waals surface area contributed by atoms with Gasteiger partial charge in [-0.3, -0.25) is 15.8 Å². The highest BCUT2D eigenvalue weighted by Crippen LogP contribution is 2.38. The zero-order chi connectivity index (χ0) is 18.2. The number of fused-ring (bicyclic) bond motifs is 2. The molecule has 5 rings (SSSR count). The highest BCUT2D eigenvalue weighted by Gasteiger charge is 2.21. The molecule has 1 aliphatic carbocycles. The number of nitrogens with one attached hydrogen (secondary N) is 2. The van der Waals surface area contributed by atoms with Crippen molar-refractivity contribution in [2.75, 3.05) is 17.5 Å². The first-order chi connectivity index (χ1) is 13.3. The van der Waals surface area contributed by atoms with Crippen LogP contribution in [0.4, 0.5) is 15.8 Å². The predicted octanol–water partition coefficient (Wildman–Crippen LogP) is 3.79. The fourth-order valence-corrected chi connectivity index (χ4v) is 3.91. The second kappa shape index (κ2) is 6.57. The number of aromatic nitrogens is 3. The van der Waals surface area contributed by atoms with E-state index in [1.165, 1.54) is 17.3 Å². The van der Waals surface area contributed by atoms with Crippen molar-refractivity contribution >= 4 is 11.4 Å². The molecule has 7 heteroatoms. The van der Waals surface area contributed by atoms with Crippen LogP contribution < -0.4 is 15.6 Å². The molecule has 0 fully saturated rings. The number of rotatable bonds is 4. The summed E-state index contributed by atoms with van der Waals surface area (Å²) in [6.07, 6.45) is 8.71. The number of hydrogen-bond donors (Lipinski definition) is 2. The number of ether oxygens (including phenoxy) is 1. The fraction of sp³-hybridized carbons (Fsp3) is 0.300. The van der Waals surface area contributed by atoms with Crippen molar-refractivity contribution in [3.8, 4) is 17.0 Å². The molecular weight excluding hydrogens is 345 g/mol. The van der Waals surface area contributed by atoms with Gasteiger partial charge in [-0.15, -0.1) is 0 Å². The van der Waals surface area contributed by atoms with Gasteiger partial charge in [-0.2, -0.15) is 5.10 Å². The normalized spacial score (nSPS) is 15.0. The zero-order valence-corrected chi connectivity index (χ0v) is 14.8. The quantitative estimate of drug-likeness (QED) is 0.689. The van der Waals surface area contributed by atoms with Gasteiger partial charge in [-0.05, 0) is 36.5 Å². The first-order valence-electron chi connectivity index (χ1n) is 9.26. The van der Waals surface area contributed by atoms with Crippen LogP contribution in [0.2, 0.25) is 0 Å². The molecule has 1 aromatic carbocycles. The Balaban J connectivity index is 1.52. The average Bonchev–Trinajstić information content (AvgIpc) is 3.34. The SMILES string of the molecule is Fc1cnccc1-c1ccc2c(c1NNc1cnn3c1OCCC3)CCC2. The molecule has 0 saturated heterocycles. The first-order valence-corrected chi connectivity index (χ1v) is 9.26. The summed E-state index contributed by atoms with van der Waals surface area (Å²) < 4.78 is 22.0. The lowest BCUT2D eigenvalue weighted by Gasteiger charge is -2.20. The lowest BCUT2D eigenvalue weighted by atomic mass is 9.98. The molecule has 0 radical (unpaired) electrons. The van der Waals surface area contributed by atoms with Crippen LogP contribution in [0.25, 0.3) is 11.1 Å². The second-order valence-corrected chi connectivity index (χ2v) is 6.87. The molecule has 6 nitrogen and oxygen atoms in total. The number of anilines is 2. The number of aryl methyl sites for hydroxylation is 2. The Labute approximate surface area is 156 Å².